The largest absolute Gasteiger partial charge is 0.490 e. The van der Waals surface area contributed by atoms with Crippen LogP contribution in [0.3, 0.4) is 0 Å². The summed E-state index contributed by atoms with van der Waals surface area (Å²) >= 11 is 2.25. The Morgan fingerprint density at radius 1 is 0.762 bits per heavy atom. The third-order valence-corrected chi connectivity index (χ3v) is 3.80. The Morgan fingerprint density at radius 2 is 1.10 bits per heavy atom. The average molecular weight is 360 g/mol. The molecule has 0 spiro atoms. The number of rotatable bonds is 8. The molecule has 0 atom stereocenters. The summed E-state index contributed by atoms with van der Waals surface area (Å²) in [5.41, 5.74) is 0. The van der Waals surface area contributed by atoms with E-state index in [4.69, 9.17) is 0 Å². The van der Waals surface area contributed by atoms with Crippen molar-refractivity contribution in [3.05, 3.63) is 0 Å². The highest BCUT2D eigenvalue weighted by molar-refractivity contribution is 8.15. The van der Waals surface area contributed by atoms with Gasteiger partial charge in [-0.3, -0.25) is 0 Å². The van der Waals surface area contributed by atoms with Crippen LogP contribution in [0.15, 0.2) is 0 Å². The van der Waals surface area contributed by atoms with Gasteiger partial charge in [0.1, 0.15) is 13.2 Å². The first-order valence-corrected chi connectivity index (χ1v) is 7.49. The Labute approximate surface area is 123 Å². The Kier molecular flexibility index (Phi) is 8.94. The molecule has 0 aliphatic heterocycles. The van der Waals surface area contributed by atoms with Crippen LogP contribution in [0.25, 0.3) is 0 Å². The summed E-state index contributed by atoms with van der Waals surface area (Å²) in [6.07, 6.45) is -10.1. The van der Waals surface area contributed by atoms with E-state index in [1.807, 2.05) is 0 Å². The van der Waals surface area contributed by atoms with Gasteiger partial charge in [0, 0.05) is 16.6 Å². The highest BCUT2D eigenvalue weighted by atomic mass is 32.2. The molecule has 0 saturated heterocycles. The second-order valence-corrected chi connectivity index (χ2v) is 5.78. The van der Waals surface area contributed by atoms with Crippen LogP contribution >= 0.6 is 23.5 Å². The lowest BCUT2D eigenvalue weighted by atomic mass is 10.6. The number of hydrogen-bond donors (Lipinski definition) is 0. The van der Waals surface area contributed by atoms with Crippen molar-refractivity contribution in [3.8, 4) is 0 Å². The first-order chi connectivity index (χ1) is 9.55. The smallest absolute Gasteiger partial charge is 0.458 e. The molecule has 0 aliphatic carbocycles. The molecule has 0 radical (unpaired) electrons. The molecule has 0 aliphatic rings. The van der Waals surface area contributed by atoms with Gasteiger partial charge in [0.15, 0.2) is 0 Å². The van der Waals surface area contributed by atoms with Gasteiger partial charge < -0.3 is 9.47 Å². The summed E-state index contributed by atoms with van der Waals surface area (Å²) in [5, 5.41) is 0.340. The van der Waals surface area contributed by atoms with E-state index in [1.165, 1.54) is 0 Å². The van der Waals surface area contributed by atoms with Crippen molar-refractivity contribution < 1.29 is 45.4 Å². The summed E-state index contributed by atoms with van der Waals surface area (Å²) in [6, 6.07) is 0. The highest BCUT2D eigenvalue weighted by Gasteiger charge is 2.41. The van der Waals surface area contributed by atoms with Crippen molar-refractivity contribution in [3.63, 3.8) is 0 Å². The van der Waals surface area contributed by atoms with Crippen molar-refractivity contribution in [2.24, 2.45) is 0 Å². The van der Waals surface area contributed by atoms with Crippen LogP contribution in [-0.4, -0.2) is 54.1 Å². The van der Waals surface area contributed by atoms with Gasteiger partial charge in [0.05, 0.1) is 0 Å². The lowest BCUT2D eigenvalue weighted by molar-refractivity contribution is -0.199. The van der Waals surface area contributed by atoms with E-state index in [9.17, 15) is 35.9 Å². The molecule has 0 aromatic carbocycles. The van der Waals surface area contributed by atoms with Gasteiger partial charge in [-0.15, -0.1) is 23.5 Å². The minimum absolute atomic E-state index is 0.108. The fourth-order valence-corrected chi connectivity index (χ4v) is 2.54. The van der Waals surface area contributed by atoms with Crippen molar-refractivity contribution in [2.75, 3.05) is 29.8 Å². The third kappa shape index (κ3) is 10.6. The number of hydrogen-bond acceptors (Lipinski definition) is 6. The van der Waals surface area contributed by atoms with E-state index < -0.39 is 37.5 Å². The molecule has 0 saturated carbocycles. The molecular weight excluding hydrogens is 350 g/mol. The summed E-state index contributed by atoms with van der Waals surface area (Å²) in [7, 11) is 0. The maximum atomic E-state index is 11.7. The standard InChI is InChI=1S/C9H10F6O4S2/c10-8(11,12)6(16)18-1-3-20-5-21-4-2-19-7(17)9(13,14)15/h1-5H2. The van der Waals surface area contributed by atoms with Gasteiger partial charge >= 0.3 is 24.3 Å². The lowest BCUT2D eigenvalue weighted by Gasteiger charge is -2.07. The van der Waals surface area contributed by atoms with Crippen molar-refractivity contribution in [2.45, 2.75) is 12.4 Å². The molecule has 21 heavy (non-hydrogen) atoms. The number of carbonyl (C=O) groups is 2. The predicted molar refractivity (Wildman–Crippen MR) is 63.8 cm³/mol. The Morgan fingerprint density at radius 3 is 1.38 bits per heavy atom. The maximum absolute atomic E-state index is 11.7. The minimum atomic E-state index is -5.03. The Balaban J connectivity index is 3.42. The van der Waals surface area contributed by atoms with Gasteiger partial charge in [0.2, 0.25) is 0 Å². The molecule has 124 valence electrons. The fourth-order valence-electron chi connectivity index (χ4n) is 0.727. The summed E-state index contributed by atoms with van der Waals surface area (Å²) in [5.74, 6) is -4.32. The zero-order valence-corrected chi connectivity index (χ0v) is 11.9. The summed E-state index contributed by atoms with van der Waals surface area (Å²) in [6.45, 7) is -0.848. The quantitative estimate of drug-likeness (QED) is 0.287. The SMILES string of the molecule is O=C(OCCSCSCCOC(=O)C(F)(F)F)C(F)(F)F. The minimum Gasteiger partial charge on any atom is -0.458 e. The fraction of sp³-hybridized carbons (Fsp3) is 0.778. The van der Waals surface area contributed by atoms with E-state index in [0.717, 1.165) is 23.5 Å². The monoisotopic (exact) mass is 360 g/mol. The van der Waals surface area contributed by atoms with Crippen LogP contribution < -0.4 is 0 Å². The molecule has 0 aromatic rings. The Hall–Kier alpha value is -0.780. The van der Waals surface area contributed by atoms with Gasteiger partial charge in [-0.2, -0.15) is 26.3 Å². The molecule has 0 fully saturated rings. The van der Waals surface area contributed by atoms with Gasteiger partial charge in [-0.05, 0) is 0 Å². The highest BCUT2D eigenvalue weighted by Crippen LogP contribution is 2.18. The van der Waals surface area contributed by atoms with E-state index in [-0.39, 0.29) is 11.5 Å². The zero-order valence-electron chi connectivity index (χ0n) is 10.3. The molecule has 0 bridgehead atoms. The molecule has 4 nitrogen and oxygen atoms in total. The number of carbonyl (C=O) groups excluding carboxylic acids is 2. The molecule has 0 heterocycles. The molecular formula is C9H10F6O4S2. The predicted octanol–water partition coefficient (Wildman–Crippen LogP) is 2.62. The first-order valence-electron chi connectivity index (χ1n) is 5.18. The molecule has 0 N–H and O–H groups in total. The van der Waals surface area contributed by atoms with Crippen LogP contribution in [0.2, 0.25) is 0 Å². The molecule has 0 amide bonds. The van der Waals surface area contributed by atoms with Crippen molar-refractivity contribution in [1.29, 1.82) is 0 Å². The number of halogens is 6. The second kappa shape index (κ2) is 9.28. The number of alkyl halides is 6. The number of esters is 2. The lowest BCUT2D eigenvalue weighted by Crippen LogP contribution is -2.26. The maximum Gasteiger partial charge on any atom is 0.490 e. The van der Waals surface area contributed by atoms with Crippen LogP contribution in [0.5, 0.6) is 0 Å². The molecule has 12 heteroatoms. The number of thioether (sulfide) groups is 2. The van der Waals surface area contributed by atoms with Gasteiger partial charge in [-0.1, -0.05) is 0 Å². The van der Waals surface area contributed by atoms with Crippen molar-refractivity contribution >= 4 is 35.5 Å². The molecule has 0 unspecified atom stereocenters. The van der Waals surface area contributed by atoms with E-state index in [0.29, 0.717) is 5.08 Å². The van der Waals surface area contributed by atoms with E-state index >= 15 is 0 Å². The van der Waals surface area contributed by atoms with E-state index in [1.54, 1.807) is 0 Å². The third-order valence-electron chi connectivity index (χ3n) is 1.55. The van der Waals surface area contributed by atoms with Crippen LogP contribution in [-0.2, 0) is 19.1 Å². The molecule has 0 rings (SSSR count). The zero-order chi connectivity index (χ0) is 16.5. The molecule has 0 aromatic heterocycles. The second-order valence-electron chi connectivity index (χ2n) is 3.20. The Bertz CT molecular complexity index is 312. The number of ether oxygens (including phenoxy) is 2. The summed E-state index contributed by atoms with van der Waals surface area (Å²) in [4.78, 5) is 20.6. The van der Waals surface area contributed by atoms with Gasteiger partial charge in [-0.25, -0.2) is 9.59 Å². The normalized spacial score (nSPS) is 12.1. The first kappa shape index (κ1) is 20.2. The van der Waals surface area contributed by atoms with Crippen LogP contribution in [0.1, 0.15) is 0 Å². The van der Waals surface area contributed by atoms with E-state index in [2.05, 4.69) is 9.47 Å². The van der Waals surface area contributed by atoms with Crippen LogP contribution in [0, 0.1) is 0 Å². The van der Waals surface area contributed by atoms with Gasteiger partial charge in [0.25, 0.3) is 0 Å². The summed E-state index contributed by atoms with van der Waals surface area (Å²) < 4.78 is 78.1. The topological polar surface area (TPSA) is 52.6 Å². The van der Waals surface area contributed by atoms with Crippen molar-refractivity contribution in [1.82, 2.24) is 0 Å². The average Bonchev–Trinajstić information content (AvgIpc) is 2.33. The van der Waals surface area contributed by atoms with Crippen LogP contribution in [0.4, 0.5) is 26.3 Å².